The number of piperazine rings is 2. The Balaban J connectivity index is 0.000000181. The smallest absolute Gasteiger partial charge is 0.243 e. The summed E-state index contributed by atoms with van der Waals surface area (Å²) in [6.07, 6.45) is 1.49. The molecule has 0 saturated carbocycles. The third-order valence-electron chi connectivity index (χ3n) is 10.3. The number of hydrogen-bond donors (Lipinski definition) is 0. The highest BCUT2D eigenvalue weighted by Gasteiger charge is 2.31. The van der Waals surface area contributed by atoms with Gasteiger partial charge in [-0.15, -0.1) is 22.7 Å². The van der Waals surface area contributed by atoms with Gasteiger partial charge in [0.05, 0.1) is 31.2 Å². The number of halogens is 4. The Morgan fingerprint density at radius 1 is 0.567 bits per heavy atom. The van der Waals surface area contributed by atoms with Gasteiger partial charge in [-0.25, -0.2) is 26.8 Å². The Morgan fingerprint density at radius 3 is 1.45 bits per heavy atom. The summed E-state index contributed by atoms with van der Waals surface area (Å²) in [7, 11) is -6.97. The van der Waals surface area contributed by atoms with Gasteiger partial charge in [0.2, 0.25) is 20.0 Å². The van der Waals surface area contributed by atoms with E-state index < -0.39 is 20.0 Å². The van der Waals surface area contributed by atoms with Crippen LogP contribution in [0.2, 0.25) is 10.0 Å². The molecule has 0 unspecified atom stereocenters. The first-order chi connectivity index (χ1) is 28.6. The number of nitrogens with zero attached hydrogens (tertiary/aromatic N) is 6. The molecule has 0 atom stereocenters. The summed E-state index contributed by atoms with van der Waals surface area (Å²) < 4.78 is 56.2. The number of thiazole rings is 2. The summed E-state index contributed by atoms with van der Waals surface area (Å²) in [6.45, 7) is 8.52. The number of anilines is 2. The molecule has 18 heteroatoms. The average molecular weight is 1050 g/mol. The fourth-order valence-electron chi connectivity index (χ4n) is 6.82. The lowest BCUT2D eigenvalue weighted by atomic mass is 10.0. The van der Waals surface area contributed by atoms with E-state index in [2.05, 4.69) is 79.1 Å². The second-order valence-corrected chi connectivity index (χ2v) is 22.7. The summed E-state index contributed by atoms with van der Waals surface area (Å²) in [6, 6.07) is 25.8. The summed E-state index contributed by atoms with van der Waals surface area (Å²) in [5.74, 6) is 0. The maximum atomic E-state index is 12.9. The second-order valence-electron chi connectivity index (χ2n) is 14.5. The summed E-state index contributed by atoms with van der Waals surface area (Å²) >= 11 is 22.0. The predicted octanol–water partition coefficient (Wildman–Crippen LogP) is 9.94. The number of aryl methyl sites for hydroxylation is 2. The lowest BCUT2D eigenvalue weighted by Gasteiger charge is -2.33. The van der Waals surface area contributed by atoms with E-state index >= 15 is 0 Å². The van der Waals surface area contributed by atoms with Crippen molar-refractivity contribution in [2.45, 2.75) is 36.5 Å². The monoisotopic (exact) mass is 1050 g/mol. The van der Waals surface area contributed by atoms with Crippen molar-refractivity contribution in [3.05, 3.63) is 148 Å². The van der Waals surface area contributed by atoms with Crippen molar-refractivity contribution in [3.8, 4) is 0 Å². The van der Waals surface area contributed by atoms with Crippen molar-refractivity contribution in [1.29, 1.82) is 0 Å². The molecule has 2 aromatic heterocycles. The minimum Gasteiger partial charge on any atom is -0.345 e. The van der Waals surface area contributed by atoms with Crippen molar-refractivity contribution < 1.29 is 16.8 Å². The normalized spacial score (nSPS) is 15.5. The molecule has 4 heterocycles. The first-order valence-electron chi connectivity index (χ1n) is 19.1. The lowest BCUT2D eigenvalue weighted by molar-refractivity contribution is 0.384. The summed E-state index contributed by atoms with van der Waals surface area (Å²) in [4.78, 5) is 14.5. The van der Waals surface area contributed by atoms with Gasteiger partial charge in [0.25, 0.3) is 0 Å². The van der Waals surface area contributed by atoms with Crippen LogP contribution in [0.4, 0.5) is 10.3 Å². The van der Waals surface area contributed by atoms with Gasteiger partial charge in [0, 0.05) is 84.9 Å². The fraction of sp³-hybridized carbons (Fsp3) is 0.286. The minimum absolute atomic E-state index is 0.309. The highest BCUT2D eigenvalue weighted by Crippen LogP contribution is 2.29. The molecule has 0 amide bonds. The van der Waals surface area contributed by atoms with Gasteiger partial charge in [0.15, 0.2) is 10.3 Å². The average Bonchev–Trinajstić information content (AvgIpc) is 3.91. The zero-order valence-electron chi connectivity index (χ0n) is 32.8. The van der Waals surface area contributed by atoms with Crippen LogP contribution in [0.15, 0.2) is 114 Å². The highest BCUT2D eigenvalue weighted by molar-refractivity contribution is 9.10. The number of aromatic nitrogens is 2. The van der Waals surface area contributed by atoms with E-state index in [1.54, 1.807) is 69.4 Å². The number of hydrogen-bond acceptors (Lipinski definition) is 10. The van der Waals surface area contributed by atoms with Crippen LogP contribution in [-0.4, -0.2) is 87.8 Å². The van der Waals surface area contributed by atoms with Crippen LogP contribution in [0.3, 0.4) is 0 Å². The molecule has 0 N–H and O–H groups in total. The zero-order chi connectivity index (χ0) is 42.6. The van der Waals surface area contributed by atoms with Crippen LogP contribution in [0.5, 0.6) is 0 Å². The largest absolute Gasteiger partial charge is 0.345 e. The van der Waals surface area contributed by atoms with Crippen LogP contribution < -0.4 is 9.80 Å². The molecule has 2 saturated heterocycles. The predicted molar refractivity (Wildman–Crippen MR) is 252 cm³/mol. The van der Waals surface area contributed by atoms with Gasteiger partial charge in [-0.2, -0.15) is 8.61 Å². The Bertz CT molecular complexity index is 2500. The Morgan fingerprint density at radius 2 is 1.02 bits per heavy atom. The molecule has 0 spiro atoms. The molecule has 4 aromatic carbocycles. The van der Waals surface area contributed by atoms with Gasteiger partial charge in [-0.3, -0.25) is 0 Å². The molecule has 0 radical (unpaired) electrons. The van der Waals surface area contributed by atoms with Crippen molar-refractivity contribution in [2.24, 2.45) is 0 Å². The molecule has 2 aliphatic rings. The van der Waals surface area contributed by atoms with Crippen LogP contribution in [0.25, 0.3) is 0 Å². The van der Waals surface area contributed by atoms with Gasteiger partial charge in [-0.05, 0) is 84.6 Å². The second kappa shape index (κ2) is 19.7. The third-order valence-corrected chi connectivity index (χ3v) is 17.7. The molecule has 60 heavy (non-hydrogen) atoms. The van der Waals surface area contributed by atoms with Crippen molar-refractivity contribution in [3.63, 3.8) is 0 Å². The number of rotatable bonds is 10. The number of benzene rings is 4. The molecule has 6 aromatic rings. The minimum atomic E-state index is -3.50. The van der Waals surface area contributed by atoms with E-state index in [4.69, 9.17) is 33.2 Å². The zero-order valence-corrected chi connectivity index (χ0v) is 40.7. The van der Waals surface area contributed by atoms with Crippen molar-refractivity contribution in [1.82, 2.24) is 18.6 Å². The van der Waals surface area contributed by atoms with E-state index in [-0.39, 0.29) is 0 Å². The molecule has 0 bridgehead atoms. The van der Waals surface area contributed by atoms with Crippen LogP contribution in [-0.2, 0) is 32.9 Å². The maximum Gasteiger partial charge on any atom is 0.243 e. The Labute approximate surface area is 387 Å². The molecule has 0 aliphatic carbocycles. The van der Waals surface area contributed by atoms with Crippen molar-refractivity contribution in [2.75, 3.05) is 62.2 Å². The van der Waals surface area contributed by atoms with Gasteiger partial charge in [0.1, 0.15) is 0 Å². The van der Waals surface area contributed by atoms with E-state index in [0.29, 0.717) is 78.6 Å². The standard InChI is InChI=1S/C22H24BrN3O2S2.C20H18BrCl2N3O2S2/c1-16-6-7-18(12-17(16)2)13-20-15-29-22(24-20)25-8-10-26(11-9-25)30(27,28)21-5-3-4-19(23)14-21;21-15-2-1-3-17(12-15)30(27,28)26-8-6-25(7-9-26)20-24-16(13-29-20)10-14-4-5-18(22)19(23)11-14/h3-7,12,14-15H,8-11,13H2,1-2H3;1-5,11-13H,6-10H2. The summed E-state index contributed by atoms with van der Waals surface area (Å²) in [5.41, 5.74) is 6.92. The third kappa shape index (κ3) is 11.0. The molecule has 10 nitrogen and oxygen atoms in total. The Hall–Kier alpha value is -2.90. The Kier molecular flexibility index (Phi) is 14.8. The molecule has 2 aliphatic heterocycles. The molecular formula is C42H42Br2Cl2N6O4S4. The van der Waals surface area contributed by atoms with E-state index in [1.165, 1.54) is 21.0 Å². The molecule has 316 valence electrons. The molecule has 8 rings (SSSR count). The first kappa shape index (κ1) is 45.1. The van der Waals surface area contributed by atoms with Crippen LogP contribution in [0, 0.1) is 13.8 Å². The molecule has 2 fully saturated rings. The van der Waals surface area contributed by atoms with Gasteiger partial charge in [-0.1, -0.05) is 91.5 Å². The van der Waals surface area contributed by atoms with E-state index in [9.17, 15) is 16.8 Å². The van der Waals surface area contributed by atoms with E-state index in [1.807, 2.05) is 29.6 Å². The first-order valence-corrected chi connectivity index (χ1v) is 26.0. The SMILES string of the molecule is Cc1ccc(Cc2csc(N3CCN(S(=O)(=O)c4cccc(Br)c4)CC3)n2)cc1C.O=S(=O)(c1cccc(Br)c1)N1CCN(c2nc(Cc3ccc(Cl)c(Cl)c3)cs2)CC1. The topological polar surface area (TPSA) is 107 Å². The summed E-state index contributed by atoms with van der Waals surface area (Å²) in [5, 5.41) is 7.08. The number of sulfonamides is 2. The fourth-order valence-corrected chi connectivity index (χ4v) is 12.9. The van der Waals surface area contributed by atoms with Crippen molar-refractivity contribution >= 4 is 108 Å². The van der Waals surface area contributed by atoms with Gasteiger partial charge < -0.3 is 9.80 Å². The van der Waals surface area contributed by atoms with Crippen LogP contribution >= 0.6 is 77.7 Å². The molecular weight excluding hydrogens is 1010 g/mol. The van der Waals surface area contributed by atoms with E-state index in [0.717, 1.165) is 42.6 Å². The maximum absolute atomic E-state index is 12.9. The quantitative estimate of drug-likeness (QED) is 0.134. The van der Waals surface area contributed by atoms with Gasteiger partial charge >= 0.3 is 0 Å². The highest BCUT2D eigenvalue weighted by atomic mass is 79.9. The van der Waals surface area contributed by atoms with Crippen LogP contribution in [0.1, 0.15) is 33.6 Å². The lowest BCUT2D eigenvalue weighted by Crippen LogP contribution is -2.48.